The minimum Gasteiger partial charge on any atom is -0.495 e. The second kappa shape index (κ2) is 15.8. The second-order valence-corrected chi connectivity index (χ2v) is 13.7. The fourth-order valence-electron chi connectivity index (χ4n) is 5.46. The molecule has 254 valence electrons. The summed E-state index contributed by atoms with van der Waals surface area (Å²) in [6, 6.07) is 13.9. The molecule has 1 unspecified atom stereocenters. The Morgan fingerprint density at radius 1 is 1.02 bits per heavy atom. The standard InChI is InChI=1S/C36H45ClN2O8/c1-21(2)17-29-34(42)45-27(22(3)31-32(47-31)24-11-8-7-9-12-24)13-10-14-30(40)39-26(19-23-15-16-28(44-6)25(37)18-23)33(41)38-20-36(4,5)35(43)46-29/h7-12,14-16,18,21-22,26-27,29,31-32H,13,17,19-20H2,1-6H3,(H,38,41)(H,39,40)/b14-10+/t22-,26+,27?,29-,31-,32-/m0/s1. The van der Waals surface area contributed by atoms with Crippen LogP contribution < -0.4 is 15.4 Å². The Balaban J connectivity index is 1.61. The van der Waals surface area contributed by atoms with Gasteiger partial charge in [0.1, 0.15) is 24.0 Å². The van der Waals surface area contributed by atoms with Crippen molar-refractivity contribution >= 4 is 35.4 Å². The highest BCUT2D eigenvalue weighted by Crippen LogP contribution is 2.45. The predicted molar refractivity (Wildman–Crippen MR) is 177 cm³/mol. The number of esters is 2. The second-order valence-electron chi connectivity index (χ2n) is 13.3. The SMILES string of the molecule is COc1ccc(C[C@H]2NC(=O)/C=C/CC([C@H](C)[C@@H]3O[C@H]3c3ccccc3)OC(=O)[C@H](CC(C)C)OC(=O)C(C)(C)CNC2=O)cc1Cl. The molecule has 2 N–H and O–H groups in total. The molecule has 10 nitrogen and oxygen atoms in total. The van der Waals surface area contributed by atoms with Crippen LogP contribution in [0, 0.1) is 17.3 Å². The number of ether oxygens (including phenoxy) is 4. The van der Waals surface area contributed by atoms with E-state index in [0.717, 1.165) is 5.56 Å². The molecule has 2 aliphatic rings. The van der Waals surface area contributed by atoms with E-state index in [-0.39, 0.29) is 49.9 Å². The van der Waals surface area contributed by atoms with E-state index in [9.17, 15) is 19.2 Å². The van der Waals surface area contributed by atoms with Gasteiger partial charge in [0.05, 0.1) is 23.7 Å². The van der Waals surface area contributed by atoms with Gasteiger partial charge in [0, 0.05) is 25.3 Å². The van der Waals surface area contributed by atoms with Crippen molar-refractivity contribution in [1.29, 1.82) is 0 Å². The summed E-state index contributed by atoms with van der Waals surface area (Å²) in [7, 11) is 1.51. The molecule has 47 heavy (non-hydrogen) atoms. The first-order chi connectivity index (χ1) is 22.3. The molecule has 0 bridgehead atoms. The summed E-state index contributed by atoms with van der Waals surface area (Å²) in [6.45, 7) is 8.92. The van der Waals surface area contributed by atoms with E-state index in [1.807, 2.05) is 51.1 Å². The van der Waals surface area contributed by atoms with Crippen LogP contribution in [0.4, 0.5) is 0 Å². The maximum absolute atomic E-state index is 13.6. The molecule has 0 aliphatic carbocycles. The highest BCUT2D eigenvalue weighted by Gasteiger charge is 2.48. The Labute approximate surface area is 281 Å². The summed E-state index contributed by atoms with van der Waals surface area (Å²) < 4.78 is 23.1. The van der Waals surface area contributed by atoms with Gasteiger partial charge in [-0.05, 0) is 55.5 Å². The van der Waals surface area contributed by atoms with Gasteiger partial charge in [-0.25, -0.2) is 4.79 Å². The summed E-state index contributed by atoms with van der Waals surface area (Å²) >= 11 is 6.32. The number of methoxy groups -OCH3 is 1. The Morgan fingerprint density at radius 2 is 1.74 bits per heavy atom. The van der Waals surface area contributed by atoms with E-state index in [4.69, 9.17) is 30.5 Å². The first kappa shape index (κ1) is 36.0. The lowest BCUT2D eigenvalue weighted by Gasteiger charge is -2.29. The first-order valence-electron chi connectivity index (χ1n) is 16.0. The lowest BCUT2D eigenvalue weighted by atomic mass is 9.92. The zero-order valence-corrected chi connectivity index (χ0v) is 28.5. The average molecular weight is 669 g/mol. The van der Waals surface area contributed by atoms with Gasteiger partial charge >= 0.3 is 11.9 Å². The number of hydrogen-bond donors (Lipinski definition) is 2. The number of nitrogens with one attached hydrogen (secondary N) is 2. The summed E-state index contributed by atoms with van der Waals surface area (Å²) in [6.07, 6.45) is 1.34. The van der Waals surface area contributed by atoms with Crippen LogP contribution in [0.15, 0.2) is 60.7 Å². The zero-order chi connectivity index (χ0) is 34.3. The number of hydrogen-bond acceptors (Lipinski definition) is 8. The summed E-state index contributed by atoms with van der Waals surface area (Å²) in [5, 5.41) is 5.91. The summed E-state index contributed by atoms with van der Waals surface area (Å²) in [5.41, 5.74) is 0.524. The minimum absolute atomic E-state index is 0.0228. The van der Waals surface area contributed by atoms with Gasteiger partial charge in [-0.1, -0.05) is 74.8 Å². The Morgan fingerprint density at radius 3 is 2.40 bits per heavy atom. The molecular formula is C36H45ClN2O8. The van der Waals surface area contributed by atoms with E-state index in [1.54, 1.807) is 38.1 Å². The number of amides is 2. The quantitative estimate of drug-likeness (QED) is 0.293. The molecule has 2 aromatic rings. The minimum atomic E-state index is -1.20. The smallest absolute Gasteiger partial charge is 0.347 e. The van der Waals surface area contributed by atoms with E-state index >= 15 is 0 Å². The lowest BCUT2D eigenvalue weighted by Crippen LogP contribution is -2.51. The molecule has 0 saturated carbocycles. The van der Waals surface area contributed by atoms with Crippen LogP contribution in [0.3, 0.4) is 0 Å². The fraction of sp³-hybridized carbons (Fsp3) is 0.500. The molecule has 1 saturated heterocycles. The van der Waals surface area contributed by atoms with E-state index in [0.29, 0.717) is 16.3 Å². The van der Waals surface area contributed by atoms with E-state index in [1.165, 1.54) is 13.2 Å². The zero-order valence-electron chi connectivity index (χ0n) is 27.8. The van der Waals surface area contributed by atoms with Gasteiger partial charge in [-0.15, -0.1) is 0 Å². The first-order valence-corrected chi connectivity index (χ1v) is 16.4. The topological polar surface area (TPSA) is 133 Å². The van der Waals surface area contributed by atoms with Gasteiger partial charge in [0.25, 0.3) is 0 Å². The van der Waals surface area contributed by atoms with Crippen molar-refractivity contribution in [2.24, 2.45) is 17.3 Å². The fourth-order valence-corrected chi connectivity index (χ4v) is 5.75. The molecule has 4 rings (SSSR count). The highest BCUT2D eigenvalue weighted by molar-refractivity contribution is 6.32. The van der Waals surface area contributed by atoms with Crippen molar-refractivity contribution in [2.45, 2.75) is 84.3 Å². The largest absolute Gasteiger partial charge is 0.495 e. The Hall–Kier alpha value is -3.89. The molecule has 0 radical (unpaired) electrons. The van der Waals surface area contributed by atoms with Crippen LogP contribution in [0.2, 0.25) is 5.02 Å². The molecule has 2 heterocycles. The van der Waals surface area contributed by atoms with E-state index in [2.05, 4.69) is 10.6 Å². The maximum atomic E-state index is 13.6. The van der Waals surface area contributed by atoms with E-state index < -0.39 is 47.4 Å². The van der Waals surface area contributed by atoms with Crippen molar-refractivity contribution in [2.75, 3.05) is 13.7 Å². The van der Waals surface area contributed by atoms with Gasteiger partial charge in [0.15, 0.2) is 6.10 Å². The Kier molecular flexibility index (Phi) is 12.1. The van der Waals surface area contributed by atoms with Gasteiger partial charge < -0.3 is 29.6 Å². The maximum Gasteiger partial charge on any atom is 0.347 e. The van der Waals surface area contributed by atoms with Crippen LogP contribution in [-0.2, 0) is 39.8 Å². The monoisotopic (exact) mass is 668 g/mol. The molecule has 0 aromatic heterocycles. The number of epoxide rings is 1. The molecule has 11 heteroatoms. The van der Waals surface area contributed by atoms with Gasteiger partial charge in [-0.2, -0.15) is 0 Å². The highest BCUT2D eigenvalue weighted by atomic mass is 35.5. The van der Waals surface area contributed by atoms with Crippen LogP contribution in [0.5, 0.6) is 5.75 Å². The number of cyclic esters (lactones) is 2. The van der Waals surface area contributed by atoms with Crippen molar-refractivity contribution in [1.82, 2.24) is 10.6 Å². The van der Waals surface area contributed by atoms with Gasteiger partial charge in [0.2, 0.25) is 11.8 Å². The molecule has 2 aromatic carbocycles. The molecule has 6 atom stereocenters. The van der Waals surface area contributed by atoms with Crippen LogP contribution in [-0.4, -0.2) is 61.8 Å². The summed E-state index contributed by atoms with van der Waals surface area (Å²) in [5.74, 6) is -2.06. The predicted octanol–water partition coefficient (Wildman–Crippen LogP) is 5.12. The molecule has 2 amide bonds. The summed E-state index contributed by atoms with van der Waals surface area (Å²) in [4.78, 5) is 53.6. The number of rotatable bonds is 8. The van der Waals surface area contributed by atoms with Crippen molar-refractivity contribution in [3.63, 3.8) is 0 Å². The van der Waals surface area contributed by atoms with Crippen LogP contribution >= 0.6 is 11.6 Å². The molecule has 0 spiro atoms. The number of benzene rings is 2. The van der Waals surface area contributed by atoms with Crippen LogP contribution in [0.1, 0.15) is 64.7 Å². The third kappa shape index (κ3) is 9.81. The lowest BCUT2D eigenvalue weighted by molar-refractivity contribution is -0.179. The third-order valence-electron chi connectivity index (χ3n) is 8.41. The number of carbonyl (C=O) groups excluding carboxylic acids is 4. The Bertz CT molecular complexity index is 1460. The number of halogens is 1. The molecule has 1 fully saturated rings. The van der Waals surface area contributed by atoms with Crippen molar-refractivity contribution in [3.8, 4) is 5.75 Å². The molecule has 2 aliphatic heterocycles. The normalized spacial score (nSPS) is 26.8. The molecular weight excluding hydrogens is 624 g/mol. The van der Waals surface area contributed by atoms with Crippen molar-refractivity contribution < 1.29 is 38.1 Å². The van der Waals surface area contributed by atoms with Gasteiger partial charge in [-0.3, -0.25) is 14.4 Å². The van der Waals surface area contributed by atoms with Crippen LogP contribution in [0.25, 0.3) is 0 Å². The average Bonchev–Trinajstić information content (AvgIpc) is 3.83. The third-order valence-corrected chi connectivity index (χ3v) is 8.70. The van der Waals surface area contributed by atoms with Crippen molar-refractivity contribution in [3.05, 3.63) is 76.8 Å². The number of carbonyl (C=O) groups is 4.